The Balaban J connectivity index is 1.76. The highest BCUT2D eigenvalue weighted by Gasteiger charge is 2.68. The smallest absolute Gasteiger partial charge is 0.325 e. The van der Waals surface area contributed by atoms with Crippen molar-refractivity contribution in [2.75, 3.05) is 5.32 Å². The molecule has 2 aromatic rings. The fourth-order valence-corrected chi connectivity index (χ4v) is 4.90. The van der Waals surface area contributed by atoms with E-state index in [4.69, 9.17) is 0 Å². The number of alkyl halides is 3. The topological polar surface area (TPSA) is 102 Å². The molecule has 2 aliphatic rings. The van der Waals surface area contributed by atoms with Crippen molar-refractivity contribution in [3.63, 3.8) is 0 Å². The van der Waals surface area contributed by atoms with Crippen molar-refractivity contribution < 1.29 is 18.0 Å². The molecule has 1 amide bonds. The predicted molar refractivity (Wildman–Crippen MR) is 99.0 cm³/mol. The molecule has 1 aromatic carbocycles. The molecule has 1 saturated carbocycles. The van der Waals surface area contributed by atoms with Crippen LogP contribution in [0.1, 0.15) is 60.9 Å². The Morgan fingerprint density at radius 1 is 1.13 bits per heavy atom. The maximum atomic E-state index is 13.5. The number of rotatable bonds is 2. The minimum Gasteiger partial charge on any atom is -0.325 e. The van der Waals surface area contributed by atoms with Crippen LogP contribution in [0.4, 0.5) is 18.9 Å². The second-order valence-electron chi connectivity index (χ2n) is 8.13. The minimum absolute atomic E-state index is 0.0714. The second kappa shape index (κ2) is 6.27. The first-order valence-corrected chi connectivity index (χ1v) is 9.27. The molecule has 6 nitrogen and oxygen atoms in total. The molecule has 152 valence electrons. The van der Waals surface area contributed by atoms with E-state index < -0.39 is 28.5 Å². The molecule has 0 saturated heterocycles. The van der Waals surface area contributed by atoms with Crippen molar-refractivity contribution in [1.82, 2.24) is 9.97 Å². The summed E-state index contributed by atoms with van der Waals surface area (Å²) in [6, 6.07) is 7.96. The average molecular weight is 411 g/mol. The molecule has 2 atom stereocenters. The Bertz CT molecular complexity index is 1140. The Hall–Kier alpha value is -3.46. The largest absolute Gasteiger partial charge is 0.416 e. The summed E-state index contributed by atoms with van der Waals surface area (Å²) in [5.41, 5.74) is -1.54. The third kappa shape index (κ3) is 2.51. The lowest BCUT2D eigenvalue weighted by Gasteiger charge is -2.36. The lowest BCUT2D eigenvalue weighted by molar-refractivity contribution is -0.137. The second-order valence-corrected chi connectivity index (χ2v) is 8.13. The molecule has 1 heterocycles. The summed E-state index contributed by atoms with van der Waals surface area (Å²) >= 11 is 0. The van der Waals surface area contributed by atoms with Crippen LogP contribution in [-0.2, 0) is 16.4 Å². The van der Waals surface area contributed by atoms with Gasteiger partial charge >= 0.3 is 6.18 Å². The molecule has 1 fully saturated rings. The highest BCUT2D eigenvalue weighted by molar-refractivity contribution is 6.01. The van der Waals surface area contributed by atoms with E-state index >= 15 is 0 Å². The number of hydrogen-bond donors (Lipinski definition) is 1. The lowest BCUT2D eigenvalue weighted by Crippen LogP contribution is -2.46. The molecule has 2 bridgehead atoms. The van der Waals surface area contributed by atoms with Gasteiger partial charge in [-0.1, -0.05) is 13.8 Å². The zero-order valence-corrected chi connectivity index (χ0v) is 16.1. The summed E-state index contributed by atoms with van der Waals surface area (Å²) in [5.74, 6) is -0.519. The summed E-state index contributed by atoms with van der Waals surface area (Å²) in [6.07, 6.45) is -3.34. The molecule has 0 unspecified atom stereocenters. The summed E-state index contributed by atoms with van der Waals surface area (Å²) in [4.78, 5) is 22.1. The number of amides is 1. The molecule has 1 aromatic heterocycles. The number of carbonyl (C=O) groups excluding carboxylic acids is 1. The van der Waals surface area contributed by atoms with Crippen molar-refractivity contribution in [3.05, 3.63) is 52.6 Å². The maximum absolute atomic E-state index is 13.5. The van der Waals surface area contributed by atoms with Crippen LogP contribution in [0.2, 0.25) is 0 Å². The number of aromatic nitrogens is 2. The molecule has 9 heteroatoms. The van der Waals surface area contributed by atoms with Crippen LogP contribution in [0.5, 0.6) is 0 Å². The van der Waals surface area contributed by atoms with Crippen molar-refractivity contribution >= 4 is 11.6 Å². The monoisotopic (exact) mass is 411 g/mol. The van der Waals surface area contributed by atoms with E-state index in [0.717, 1.165) is 12.1 Å². The van der Waals surface area contributed by atoms with Gasteiger partial charge in [0.25, 0.3) is 0 Å². The number of halogens is 3. The van der Waals surface area contributed by atoms with Crippen LogP contribution in [0.15, 0.2) is 24.3 Å². The van der Waals surface area contributed by atoms with Crippen molar-refractivity contribution in [2.24, 2.45) is 5.41 Å². The van der Waals surface area contributed by atoms with E-state index in [9.17, 15) is 28.5 Å². The third-order valence-corrected chi connectivity index (χ3v) is 6.51. The van der Waals surface area contributed by atoms with Gasteiger partial charge in [-0.3, -0.25) is 4.79 Å². The SMILES string of the molecule is CC1(C)[C@@H]2CC[C@@]1(C(=O)Nc1ccc(C(F)(F)F)cc1)c1nc(C#N)c(C#N)nc12. The van der Waals surface area contributed by atoms with Gasteiger partial charge in [0.2, 0.25) is 5.91 Å². The molecular weight excluding hydrogens is 395 g/mol. The van der Waals surface area contributed by atoms with Gasteiger partial charge in [-0.15, -0.1) is 0 Å². The van der Waals surface area contributed by atoms with Crippen molar-refractivity contribution in [1.29, 1.82) is 10.5 Å². The summed E-state index contributed by atoms with van der Waals surface area (Å²) in [5, 5.41) is 21.3. The number of fused-ring (bicyclic) bond motifs is 5. The Kier molecular flexibility index (Phi) is 4.14. The molecule has 2 aliphatic carbocycles. The van der Waals surface area contributed by atoms with Crippen LogP contribution in [-0.4, -0.2) is 15.9 Å². The number of anilines is 1. The van der Waals surface area contributed by atoms with Gasteiger partial charge in [-0.2, -0.15) is 23.7 Å². The Morgan fingerprint density at radius 2 is 1.73 bits per heavy atom. The van der Waals surface area contributed by atoms with E-state index in [0.29, 0.717) is 24.2 Å². The normalized spacial score (nSPS) is 23.4. The standard InChI is InChI=1S/C21H16F3N5O/c1-19(2)13-7-8-20(19,17-16(13)28-14(9-25)15(10-26)29-17)18(30)27-12-5-3-11(4-6-12)21(22,23)24/h3-6,13H,7-8H2,1-2H3,(H,27,30)/t13-,20+/m1/s1. The zero-order chi connectivity index (χ0) is 21.9. The van der Waals surface area contributed by atoms with Gasteiger partial charge < -0.3 is 5.32 Å². The quantitative estimate of drug-likeness (QED) is 0.804. The Morgan fingerprint density at radius 3 is 2.30 bits per heavy atom. The van der Waals surface area contributed by atoms with Gasteiger partial charge in [-0.25, -0.2) is 9.97 Å². The van der Waals surface area contributed by atoms with E-state index in [1.54, 1.807) is 0 Å². The van der Waals surface area contributed by atoms with Gasteiger partial charge in [0.05, 0.1) is 22.4 Å². The molecule has 30 heavy (non-hydrogen) atoms. The van der Waals surface area contributed by atoms with E-state index in [-0.39, 0.29) is 23.0 Å². The van der Waals surface area contributed by atoms with Crippen LogP contribution < -0.4 is 5.32 Å². The number of nitrogens with zero attached hydrogens (tertiary/aromatic N) is 4. The van der Waals surface area contributed by atoms with Crippen LogP contribution in [0.3, 0.4) is 0 Å². The third-order valence-electron chi connectivity index (χ3n) is 6.51. The van der Waals surface area contributed by atoms with Crippen LogP contribution in [0.25, 0.3) is 0 Å². The van der Waals surface area contributed by atoms with Crippen LogP contribution in [0, 0.1) is 28.1 Å². The van der Waals surface area contributed by atoms with E-state index in [2.05, 4.69) is 15.3 Å². The average Bonchev–Trinajstić information content (AvgIpc) is 3.08. The molecule has 0 aliphatic heterocycles. The zero-order valence-electron chi connectivity index (χ0n) is 16.1. The number of benzene rings is 1. The summed E-state index contributed by atoms with van der Waals surface area (Å²) < 4.78 is 38.4. The first kappa shape index (κ1) is 19.8. The van der Waals surface area contributed by atoms with Crippen LogP contribution >= 0.6 is 0 Å². The van der Waals surface area contributed by atoms with Crippen molar-refractivity contribution in [2.45, 2.75) is 44.2 Å². The molecule has 0 spiro atoms. The molecule has 1 N–H and O–H groups in total. The highest BCUT2D eigenvalue weighted by atomic mass is 19.4. The first-order valence-electron chi connectivity index (χ1n) is 9.27. The van der Waals surface area contributed by atoms with E-state index in [1.807, 2.05) is 26.0 Å². The number of nitriles is 2. The molecular formula is C21H16F3N5O. The van der Waals surface area contributed by atoms with Gasteiger partial charge in [0.15, 0.2) is 11.4 Å². The summed E-state index contributed by atoms with van der Waals surface area (Å²) in [7, 11) is 0. The maximum Gasteiger partial charge on any atom is 0.416 e. The fraction of sp³-hybridized carbons (Fsp3) is 0.381. The molecule has 0 radical (unpaired) electrons. The minimum atomic E-state index is -4.46. The summed E-state index contributed by atoms with van der Waals surface area (Å²) in [6.45, 7) is 3.83. The van der Waals surface area contributed by atoms with Gasteiger partial charge in [0, 0.05) is 11.6 Å². The number of hydrogen-bond acceptors (Lipinski definition) is 5. The lowest BCUT2D eigenvalue weighted by atomic mass is 9.67. The van der Waals surface area contributed by atoms with Gasteiger partial charge in [0.1, 0.15) is 12.1 Å². The Labute approximate surface area is 170 Å². The number of nitrogens with one attached hydrogen (secondary N) is 1. The number of carbonyl (C=O) groups is 1. The predicted octanol–water partition coefficient (Wildman–Crippen LogP) is 4.03. The fourth-order valence-electron chi connectivity index (χ4n) is 4.90. The molecule has 4 rings (SSSR count). The first-order chi connectivity index (χ1) is 14.1. The van der Waals surface area contributed by atoms with Crippen molar-refractivity contribution in [3.8, 4) is 12.1 Å². The van der Waals surface area contributed by atoms with Gasteiger partial charge in [-0.05, 0) is 42.5 Å². The highest BCUT2D eigenvalue weighted by Crippen LogP contribution is 2.67. The van der Waals surface area contributed by atoms with E-state index in [1.165, 1.54) is 12.1 Å².